The molecular formula is C22H16N4O5. The monoisotopic (exact) mass is 416 g/mol. The molecular weight excluding hydrogens is 400 g/mol. The number of benzene rings is 2. The topological polar surface area (TPSA) is 117 Å². The highest BCUT2D eigenvalue weighted by Gasteiger charge is 2.47. The molecule has 0 N–H and O–H groups in total. The Hall–Kier alpha value is -4.14. The Balaban J connectivity index is 1.89. The highest BCUT2D eigenvalue weighted by Crippen LogP contribution is 2.46. The fourth-order valence-electron chi connectivity index (χ4n) is 4.56. The summed E-state index contributed by atoms with van der Waals surface area (Å²) in [5, 5.41) is 11.4. The van der Waals surface area contributed by atoms with E-state index >= 15 is 0 Å². The molecule has 2 heterocycles. The summed E-state index contributed by atoms with van der Waals surface area (Å²) in [5.74, 6) is -1.65. The summed E-state index contributed by atoms with van der Waals surface area (Å²) in [6.45, 7) is 0. The first kappa shape index (κ1) is 18.9. The predicted molar refractivity (Wildman–Crippen MR) is 112 cm³/mol. The van der Waals surface area contributed by atoms with Gasteiger partial charge in [0.05, 0.1) is 22.1 Å². The fourth-order valence-corrected chi connectivity index (χ4v) is 4.56. The Kier molecular flexibility index (Phi) is 3.91. The van der Waals surface area contributed by atoms with Crippen LogP contribution in [0.4, 0.5) is 11.5 Å². The van der Waals surface area contributed by atoms with Gasteiger partial charge in [-0.25, -0.2) is 9.79 Å². The average Bonchev–Trinajstić information content (AvgIpc) is 3.07. The summed E-state index contributed by atoms with van der Waals surface area (Å²) >= 11 is 0. The third kappa shape index (κ3) is 2.49. The van der Waals surface area contributed by atoms with Crippen molar-refractivity contribution in [3.63, 3.8) is 0 Å². The lowest BCUT2D eigenvalue weighted by Crippen LogP contribution is -2.43. The van der Waals surface area contributed by atoms with Gasteiger partial charge in [-0.2, -0.15) is 0 Å². The minimum absolute atomic E-state index is 0.146. The molecule has 0 saturated carbocycles. The quantitative estimate of drug-likeness (QED) is 0.468. The number of non-ortho nitro benzene ring substituents is 1. The SMILES string of the molecule is Cn1c2c(c(=O)n(C)c1=O)[C@H](c1cccc([N+](=O)[O-])c1)[C@H]1C(=O)c3ccccc3C1=N2. The van der Waals surface area contributed by atoms with Crippen molar-refractivity contribution < 1.29 is 9.72 Å². The first-order valence-electron chi connectivity index (χ1n) is 9.57. The molecule has 5 rings (SSSR count). The van der Waals surface area contributed by atoms with Crippen LogP contribution in [0.2, 0.25) is 0 Å². The number of hydrogen-bond donors (Lipinski definition) is 0. The second kappa shape index (κ2) is 6.43. The van der Waals surface area contributed by atoms with Crippen molar-refractivity contribution in [2.75, 3.05) is 0 Å². The molecule has 9 nitrogen and oxygen atoms in total. The maximum absolute atomic E-state index is 13.4. The van der Waals surface area contributed by atoms with Crippen molar-refractivity contribution in [1.29, 1.82) is 0 Å². The molecule has 3 aromatic rings. The molecule has 0 radical (unpaired) electrons. The molecule has 2 atom stereocenters. The molecule has 0 unspecified atom stereocenters. The summed E-state index contributed by atoms with van der Waals surface area (Å²) in [4.78, 5) is 54.6. The smallest absolute Gasteiger partial charge is 0.293 e. The van der Waals surface area contributed by atoms with Gasteiger partial charge in [-0.1, -0.05) is 36.4 Å². The van der Waals surface area contributed by atoms with E-state index < -0.39 is 28.0 Å². The predicted octanol–water partition coefficient (Wildman–Crippen LogP) is 2.07. The van der Waals surface area contributed by atoms with Gasteiger partial charge in [-0.05, 0) is 5.56 Å². The van der Waals surface area contributed by atoms with Crippen LogP contribution in [0.25, 0.3) is 0 Å². The molecule has 2 aromatic carbocycles. The van der Waals surface area contributed by atoms with Gasteiger partial charge in [0.2, 0.25) is 0 Å². The van der Waals surface area contributed by atoms with Crippen LogP contribution >= 0.6 is 0 Å². The van der Waals surface area contributed by atoms with Gasteiger partial charge in [-0.3, -0.25) is 28.8 Å². The molecule has 0 bridgehead atoms. The van der Waals surface area contributed by atoms with E-state index in [0.717, 1.165) is 4.57 Å². The van der Waals surface area contributed by atoms with E-state index in [0.29, 0.717) is 22.4 Å². The highest BCUT2D eigenvalue weighted by atomic mass is 16.6. The highest BCUT2D eigenvalue weighted by molar-refractivity contribution is 6.30. The first-order chi connectivity index (χ1) is 14.8. The number of carbonyl (C=O) groups excluding carboxylic acids is 1. The number of nitro benzene ring substituents is 1. The zero-order chi connectivity index (χ0) is 22.0. The molecule has 0 saturated heterocycles. The second-order valence-electron chi connectivity index (χ2n) is 7.66. The third-order valence-electron chi connectivity index (χ3n) is 6.02. The number of rotatable bonds is 2. The minimum Gasteiger partial charge on any atom is -0.293 e. The lowest BCUT2D eigenvalue weighted by Gasteiger charge is -2.29. The van der Waals surface area contributed by atoms with Gasteiger partial charge < -0.3 is 0 Å². The largest absolute Gasteiger partial charge is 0.332 e. The zero-order valence-corrected chi connectivity index (χ0v) is 16.6. The van der Waals surface area contributed by atoms with Gasteiger partial charge >= 0.3 is 5.69 Å². The normalized spacial score (nSPS) is 18.8. The van der Waals surface area contributed by atoms with Crippen molar-refractivity contribution in [2.45, 2.75) is 5.92 Å². The van der Waals surface area contributed by atoms with E-state index in [1.165, 1.54) is 36.9 Å². The molecule has 0 amide bonds. The number of nitro groups is 1. The zero-order valence-electron chi connectivity index (χ0n) is 16.6. The van der Waals surface area contributed by atoms with Crippen molar-refractivity contribution >= 4 is 23.0 Å². The number of hydrogen-bond acceptors (Lipinski definition) is 6. The van der Waals surface area contributed by atoms with Gasteiger partial charge in [0, 0.05) is 43.3 Å². The van der Waals surface area contributed by atoms with Crippen molar-refractivity contribution in [1.82, 2.24) is 9.13 Å². The number of fused-ring (bicyclic) bond motifs is 4. The first-order valence-corrected chi connectivity index (χ1v) is 9.57. The van der Waals surface area contributed by atoms with Crippen LogP contribution in [0.3, 0.4) is 0 Å². The van der Waals surface area contributed by atoms with E-state index in [1.54, 1.807) is 30.3 Å². The molecule has 1 aromatic heterocycles. The van der Waals surface area contributed by atoms with Gasteiger partial charge in [0.25, 0.3) is 11.2 Å². The summed E-state index contributed by atoms with van der Waals surface area (Å²) in [7, 11) is 2.87. The Bertz CT molecular complexity index is 1460. The van der Waals surface area contributed by atoms with Crippen LogP contribution < -0.4 is 11.2 Å². The van der Waals surface area contributed by atoms with Crippen LogP contribution in [0, 0.1) is 16.0 Å². The van der Waals surface area contributed by atoms with E-state index in [2.05, 4.69) is 4.99 Å². The van der Waals surface area contributed by atoms with Crippen LogP contribution in [0.5, 0.6) is 0 Å². The van der Waals surface area contributed by atoms with Crippen LogP contribution in [0.15, 0.2) is 63.1 Å². The van der Waals surface area contributed by atoms with Crippen LogP contribution in [-0.2, 0) is 14.1 Å². The van der Waals surface area contributed by atoms with Crippen molar-refractivity contribution in [3.8, 4) is 0 Å². The van der Waals surface area contributed by atoms with E-state index in [9.17, 15) is 24.5 Å². The number of carbonyl (C=O) groups is 1. The number of nitrogens with zero attached hydrogens (tertiary/aromatic N) is 4. The molecule has 1 aliphatic carbocycles. The number of aliphatic imine (C=N–C) groups is 1. The number of Topliss-reactive ketones (excluding diaryl/α,β-unsaturated/α-hetero) is 1. The molecule has 0 spiro atoms. The molecule has 31 heavy (non-hydrogen) atoms. The summed E-state index contributed by atoms with van der Waals surface area (Å²) in [6.07, 6.45) is 0. The molecule has 1 aliphatic heterocycles. The summed E-state index contributed by atoms with van der Waals surface area (Å²) < 4.78 is 2.24. The Morgan fingerprint density at radius 1 is 0.935 bits per heavy atom. The van der Waals surface area contributed by atoms with Gasteiger partial charge in [-0.15, -0.1) is 0 Å². The maximum Gasteiger partial charge on any atom is 0.332 e. The molecule has 2 aliphatic rings. The number of ketones is 1. The van der Waals surface area contributed by atoms with Crippen LogP contribution in [0.1, 0.15) is 33.0 Å². The average molecular weight is 416 g/mol. The van der Waals surface area contributed by atoms with Crippen molar-refractivity contribution in [3.05, 3.63) is 102 Å². The lowest BCUT2D eigenvalue weighted by atomic mass is 9.76. The van der Waals surface area contributed by atoms with E-state index in [-0.39, 0.29) is 22.9 Å². The number of aromatic nitrogens is 2. The Morgan fingerprint density at radius 2 is 1.65 bits per heavy atom. The fraction of sp³-hybridized carbons (Fsp3) is 0.182. The standard InChI is InChI=1S/C22H16N4O5/c1-24-20-17(21(28)25(2)22(24)29)15(11-6-5-7-12(10-11)26(30)31)16-18(23-20)13-8-3-4-9-14(13)19(16)27/h3-10,15-16H,1-2H3/t15-,16-/m1/s1. The minimum atomic E-state index is -0.812. The maximum atomic E-state index is 13.4. The Labute approximate surface area is 175 Å². The summed E-state index contributed by atoms with van der Waals surface area (Å²) in [5.41, 5.74) is 0.969. The third-order valence-corrected chi connectivity index (χ3v) is 6.02. The molecule has 154 valence electrons. The van der Waals surface area contributed by atoms with Gasteiger partial charge in [0.1, 0.15) is 5.82 Å². The lowest BCUT2D eigenvalue weighted by molar-refractivity contribution is -0.384. The van der Waals surface area contributed by atoms with E-state index in [4.69, 9.17) is 0 Å². The Morgan fingerprint density at radius 3 is 2.35 bits per heavy atom. The van der Waals surface area contributed by atoms with Crippen molar-refractivity contribution in [2.24, 2.45) is 25.0 Å². The van der Waals surface area contributed by atoms with Crippen LogP contribution in [-0.4, -0.2) is 25.6 Å². The molecule has 0 fully saturated rings. The second-order valence-corrected chi connectivity index (χ2v) is 7.66. The van der Waals surface area contributed by atoms with E-state index in [1.807, 2.05) is 0 Å². The van der Waals surface area contributed by atoms with Gasteiger partial charge in [0.15, 0.2) is 5.78 Å². The molecule has 9 heteroatoms. The summed E-state index contributed by atoms with van der Waals surface area (Å²) in [6, 6.07) is 12.9.